The first-order valence-corrected chi connectivity index (χ1v) is 6.69. The van der Waals surface area contributed by atoms with E-state index in [9.17, 15) is 8.78 Å². The van der Waals surface area contributed by atoms with Crippen LogP contribution in [0, 0.1) is 11.6 Å². The first kappa shape index (κ1) is 13.2. The van der Waals surface area contributed by atoms with Gasteiger partial charge in [-0.1, -0.05) is 6.92 Å². The first-order chi connectivity index (χ1) is 8.58. The second-order valence-electron chi connectivity index (χ2n) is 4.23. The molecule has 1 atom stereocenters. The van der Waals surface area contributed by atoms with Crippen LogP contribution in [-0.2, 0) is 12.8 Å². The van der Waals surface area contributed by atoms with Crippen LogP contribution in [0.15, 0.2) is 30.3 Å². The lowest BCUT2D eigenvalue weighted by molar-refractivity contribution is 0.573. The van der Waals surface area contributed by atoms with E-state index in [2.05, 4.69) is 13.0 Å². The molecule has 1 unspecified atom stereocenters. The van der Waals surface area contributed by atoms with Gasteiger partial charge in [-0.2, -0.15) is 0 Å². The molecule has 0 saturated heterocycles. The third-order valence-electron chi connectivity index (χ3n) is 2.80. The van der Waals surface area contributed by atoms with Gasteiger partial charge in [-0.15, -0.1) is 11.3 Å². The molecule has 1 aromatic heterocycles. The molecule has 1 aromatic carbocycles. The van der Waals surface area contributed by atoms with E-state index in [1.807, 2.05) is 6.07 Å². The van der Waals surface area contributed by atoms with E-state index in [1.54, 1.807) is 11.3 Å². The highest BCUT2D eigenvalue weighted by molar-refractivity contribution is 7.11. The van der Waals surface area contributed by atoms with Crippen LogP contribution in [0.25, 0.3) is 0 Å². The summed E-state index contributed by atoms with van der Waals surface area (Å²) in [6.45, 7) is 2.09. The minimum atomic E-state index is -0.583. The maximum atomic E-state index is 13.1. The molecule has 0 aliphatic heterocycles. The fourth-order valence-electron chi connectivity index (χ4n) is 1.85. The molecule has 0 spiro atoms. The topological polar surface area (TPSA) is 26.0 Å². The SMILES string of the molecule is CCc1ccc(CC(N)c2cc(F)cc(F)c2)s1. The lowest BCUT2D eigenvalue weighted by Crippen LogP contribution is -2.13. The van der Waals surface area contributed by atoms with Crippen LogP contribution in [0.1, 0.15) is 28.3 Å². The highest BCUT2D eigenvalue weighted by Crippen LogP contribution is 2.23. The van der Waals surface area contributed by atoms with E-state index >= 15 is 0 Å². The van der Waals surface area contributed by atoms with E-state index in [1.165, 1.54) is 17.0 Å². The number of aryl methyl sites for hydroxylation is 1. The molecule has 2 N–H and O–H groups in total. The summed E-state index contributed by atoms with van der Waals surface area (Å²) in [7, 11) is 0. The van der Waals surface area contributed by atoms with Gasteiger partial charge in [0.15, 0.2) is 0 Å². The molecule has 0 aliphatic rings. The van der Waals surface area contributed by atoms with Crippen LogP contribution in [-0.4, -0.2) is 0 Å². The molecule has 96 valence electrons. The molecule has 0 bridgehead atoms. The molecule has 0 radical (unpaired) electrons. The maximum Gasteiger partial charge on any atom is 0.126 e. The zero-order chi connectivity index (χ0) is 13.1. The Morgan fingerprint density at radius 1 is 1.11 bits per heavy atom. The molecular weight excluding hydrogens is 252 g/mol. The Labute approximate surface area is 109 Å². The molecule has 2 rings (SSSR count). The van der Waals surface area contributed by atoms with Crippen LogP contribution >= 0.6 is 11.3 Å². The first-order valence-electron chi connectivity index (χ1n) is 5.87. The van der Waals surface area contributed by atoms with Crippen molar-refractivity contribution in [3.8, 4) is 0 Å². The van der Waals surface area contributed by atoms with Crippen molar-refractivity contribution in [2.24, 2.45) is 5.73 Å². The van der Waals surface area contributed by atoms with E-state index in [0.717, 1.165) is 17.4 Å². The van der Waals surface area contributed by atoms with Crippen molar-refractivity contribution >= 4 is 11.3 Å². The Bertz CT molecular complexity index is 516. The Morgan fingerprint density at radius 2 is 1.72 bits per heavy atom. The summed E-state index contributed by atoms with van der Waals surface area (Å²) in [5, 5.41) is 0. The molecular formula is C14H15F2NS. The Balaban J connectivity index is 2.13. The molecule has 0 fully saturated rings. The predicted octanol–water partition coefficient (Wildman–Crippen LogP) is 3.83. The number of hydrogen-bond acceptors (Lipinski definition) is 2. The van der Waals surface area contributed by atoms with Gasteiger partial charge in [0.25, 0.3) is 0 Å². The Kier molecular flexibility index (Phi) is 4.09. The van der Waals surface area contributed by atoms with Gasteiger partial charge in [-0.05, 0) is 36.2 Å². The molecule has 1 nitrogen and oxygen atoms in total. The minimum absolute atomic E-state index is 0.376. The summed E-state index contributed by atoms with van der Waals surface area (Å²) in [4.78, 5) is 2.44. The molecule has 0 aliphatic carbocycles. The average Bonchev–Trinajstić information content (AvgIpc) is 2.75. The maximum absolute atomic E-state index is 13.1. The Morgan fingerprint density at radius 3 is 2.28 bits per heavy atom. The van der Waals surface area contributed by atoms with Gasteiger partial charge in [0.2, 0.25) is 0 Å². The molecule has 2 aromatic rings. The normalized spacial score (nSPS) is 12.7. The number of benzene rings is 1. The highest BCUT2D eigenvalue weighted by atomic mass is 32.1. The number of hydrogen-bond donors (Lipinski definition) is 1. The van der Waals surface area contributed by atoms with Crippen molar-refractivity contribution < 1.29 is 8.78 Å². The van der Waals surface area contributed by atoms with Crippen molar-refractivity contribution in [1.29, 1.82) is 0 Å². The minimum Gasteiger partial charge on any atom is -0.324 e. The summed E-state index contributed by atoms with van der Waals surface area (Å²) in [5.74, 6) is -1.17. The smallest absolute Gasteiger partial charge is 0.126 e. The number of nitrogens with two attached hydrogens (primary N) is 1. The van der Waals surface area contributed by atoms with Crippen LogP contribution < -0.4 is 5.73 Å². The summed E-state index contributed by atoms with van der Waals surface area (Å²) < 4.78 is 26.2. The number of halogens is 2. The third kappa shape index (κ3) is 3.15. The van der Waals surface area contributed by atoms with E-state index in [4.69, 9.17) is 5.73 Å². The van der Waals surface area contributed by atoms with Crippen LogP contribution in [0.3, 0.4) is 0 Å². The molecule has 4 heteroatoms. The molecule has 0 amide bonds. The van der Waals surface area contributed by atoms with E-state index in [-0.39, 0.29) is 6.04 Å². The van der Waals surface area contributed by atoms with E-state index < -0.39 is 11.6 Å². The fourth-order valence-corrected chi connectivity index (χ4v) is 2.86. The monoisotopic (exact) mass is 267 g/mol. The Hall–Kier alpha value is -1.26. The van der Waals surface area contributed by atoms with Gasteiger partial charge in [0, 0.05) is 28.3 Å². The summed E-state index contributed by atoms with van der Waals surface area (Å²) in [6.07, 6.45) is 1.60. The zero-order valence-electron chi connectivity index (χ0n) is 10.1. The van der Waals surface area contributed by atoms with Crippen molar-refractivity contribution in [3.05, 3.63) is 57.3 Å². The molecule has 0 saturated carbocycles. The van der Waals surface area contributed by atoms with Crippen LogP contribution in [0.5, 0.6) is 0 Å². The molecule has 18 heavy (non-hydrogen) atoms. The highest BCUT2D eigenvalue weighted by Gasteiger charge is 2.11. The standard InChI is InChI=1S/C14H15F2NS/c1-2-12-3-4-13(18-12)8-14(17)9-5-10(15)7-11(16)6-9/h3-7,14H,2,8,17H2,1H3. The van der Waals surface area contributed by atoms with Gasteiger partial charge in [0.05, 0.1) is 0 Å². The number of thiophene rings is 1. The van der Waals surface area contributed by atoms with Crippen molar-refractivity contribution in [3.63, 3.8) is 0 Å². The second kappa shape index (κ2) is 5.59. The van der Waals surface area contributed by atoms with Crippen LogP contribution in [0.4, 0.5) is 8.78 Å². The molecule has 1 heterocycles. The number of rotatable bonds is 4. The zero-order valence-corrected chi connectivity index (χ0v) is 10.9. The van der Waals surface area contributed by atoms with Crippen molar-refractivity contribution in [2.45, 2.75) is 25.8 Å². The quantitative estimate of drug-likeness (QED) is 0.895. The van der Waals surface area contributed by atoms with Crippen molar-refractivity contribution in [1.82, 2.24) is 0 Å². The van der Waals surface area contributed by atoms with Gasteiger partial charge in [0.1, 0.15) is 11.6 Å². The van der Waals surface area contributed by atoms with Gasteiger partial charge in [-0.25, -0.2) is 8.78 Å². The van der Waals surface area contributed by atoms with Crippen LogP contribution in [0.2, 0.25) is 0 Å². The second-order valence-corrected chi connectivity index (χ2v) is 5.49. The van der Waals surface area contributed by atoms with Gasteiger partial charge >= 0.3 is 0 Å². The average molecular weight is 267 g/mol. The largest absolute Gasteiger partial charge is 0.324 e. The fraction of sp³-hybridized carbons (Fsp3) is 0.286. The van der Waals surface area contributed by atoms with Gasteiger partial charge in [-0.3, -0.25) is 0 Å². The van der Waals surface area contributed by atoms with E-state index in [0.29, 0.717) is 12.0 Å². The third-order valence-corrected chi connectivity index (χ3v) is 4.05. The summed E-state index contributed by atoms with van der Waals surface area (Å²) in [6, 6.07) is 7.16. The summed E-state index contributed by atoms with van der Waals surface area (Å²) in [5.41, 5.74) is 6.49. The lowest BCUT2D eigenvalue weighted by Gasteiger charge is -2.11. The van der Waals surface area contributed by atoms with Crippen molar-refractivity contribution in [2.75, 3.05) is 0 Å². The predicted molar refractivity (Wildman–Crippen MR) is 70.7 cm³/mol. The van der Waals surface area contributed by atoms with Gasteiger partial charge < -0.3 is 5.73 Å². The summed E-state index contributed by atoms with van der Waals surface area (Å²) >= 11 is 1.70. The lowest BCUT2D eigenvalue weighted by atomic mass is 10.0.